The number of benzene rings is 2. The van der Waals surface area contributed by atoms with E-state index in [4.69, 9.17) is 27.3 Å². The van der Waals surface area contributed by atoms with Crippen molar-refractivity contribution in [1.82, 2.24) is 0 Å². The van der Waals surface area contributed by atoms with Crippen LogP contribution in [0.2, 0.25) is 5.02 Å². The molecule has 0 unspecified atom stereocenters. The van der Waals surface area contributed by atoms with E-state index in [9.17, 15) is 0 Å². The average molecular weight is 277 g/mol. The van der Waals surface area contributed by atoms with Crippen LogP contribution in [-0.2, 0) is 0 Å². The van der Waals surface area contributed by atoms with Gasteiger partial charge < -0.3 is 15.7 Å². The predicted octanol–water partition coefficient (Wildman–Crippen LogP) is 3.54. The smallest absolute Gasteiger partial charge is 0.173 e. The molecule has 0 saturated carbocycles. The van der Waals surface area contributed by atoms with Crippen molar-refractivity contribution in [2.45, 2.75) is 6.92 Å². The predicted molar refractivity (Wildman–Crippen MR) is 75.2 cm³/mol. The molecule has 0 bridgehead atoms. The molecular formula is C14H13ClN2O2. The maximum Gasteiger partial charge on any atom is 0.173 e. The van der Waals surface area contributed by atoms with Crippen LogP contribution in [0.4, 0.5) is 0 Å². The Labute approximate surface area is 116 Å². The maximum atomic E-state index is 8.78. The lowest BCUT2D eigenvalue weighted by molar-refractivity contribution is 0.318. The number of rotatable bonds is 3. The number of hydrogen-bond donors (Lipinski definition) is 2. The van der Waals surface area contributed by atoms with Gasteiger partial charge >= 0.3 is 0 Å². The molecule has 2 aromatic rings. The average Bonchev–Trinajstić information content (AvgIpc) is 2.41. The standard InChI is InChI=1S/C14H13ClN2O2/c1-9-4-2-3-5-12(9)19-13-8-10(15)6-7-11(13)14(16)17-18/h2-8,18H,1H3,(H2,16,17). The Morgan fingerprint density at radius 2 is 1.95 bits per heavy atom. The summed E-state index contributed by atoms with van der Waals surface area (Å²) < 4.78 is 5.79. The molecule has 0 aliphatic heterocycles. The van der Waals surface area contributed by atoms with E-state index in [2.05, 4.69) is 5.16 Å². The third kappa shape index (κ3) is 2.98. The van der Waals surface area contributed by atoms with Gasteiger partial charge in [0.15, 0.2) is 5.84 Å². The fourth-order valence-corrected chi connectivity index (χ4v) is 1.80. The minimum Gasteiger partial charge on any atom is -0.456 e. The molecule has 0 saturated heterocycles. The van der Waals surface area contributed by atoms with Gasteiger partial charge in [-0.25, -0.2) is 0 Å². The molecule has 19 heavy (non-hydrogen) atoms. The van der Waals surface area contributed by atoms with Gasteiger partial charge in [0.25, 0.3) is 0 Å². The van der Waals surface area contributed by atoms with E-state index in [0.717, 1.165) is 5.56 Å². The van der Waals surface area contributed by atoms with Gasteiger partial charge in [-0.2, -0.15) is 0 Å². The van der Waals surface area contributed by atoms with Crippen molar-refractivity contribution in [3.63, 3.8) is 0 Å². The van der Waals surface area contributed by atoms with Crippen LogP contribution in [-0.4, -0.2) is 11.0 Å². The van der Waals surface area contributed by atoms with Gasteiger partial charge in [-0.1, -0.05) is 35.0 Å². The molecule has 5 heteroatoms. The second-order valence-corrected chi connectivity index (χ2v) is 4.43. The Morgan fingerprint density at radius 1 is 1.21 bits per heavy atom. The first-order chi connectivity index (χ1) is 9.11. The Kier molecular flexibility index (Phi) is 3.92. The first kappa shape index (κ1) is 13.2. The summed E-state index contributed by atoms with van der Waals surface area (Å²) in [5.41, 5.74) is 7.07. The topological polar surface area (TPSA) is 67.8 Å². The molecule has 0 heterocycles. The van der Waals surface area contributed by atoms with E-state index in [1.807, 2.05) is 31.2 Å². The van der Waals surface area contributed by atoms with Crippen molar-refractivity contribution in [2.75, 3.05) is 0 Å². The number of nitrogens with zero attached hydrogens (tertiary/aromatic N) is 1. The molecule has 0 aromatic heterocycles. The van der Waals surface area contributed by atoms with Gasteiger partial charge in [-0.15, -0.1) is 0 Å². The van der Waals surface area contributed by atoms with Crippen molar-refractivity contribution in [3.05, 3.63) is 58.6 Å². The number of ether oxygens (including phenoxy) is 1. The third-order valence-electron chi connectivity index (χ3n) is 2.64. The zero-order valence-electron chi connectivity index (χ0n) is 10.3. The zero-order valence-corrected chi connectivity index (χ0v) is 11.1. The summed E-state index contributed by atoms with van der Waals surface area (Å²) in [6.07, 6.45) is 0. The summed E-state index contributed by atoms with van der Waals surface area (Å²) in [4.78, 5) is 0. The highest BCUT2D eigenvalue weighted by atomic mass is 35.5. The van der Waals surface area contributed by atoms with Crippen molar-refractivity contribution < 1.29 is 9.94 Å². The summed E-state index contributed by atoms with van der Waals surface area (Å²) >= 11 is 5.95. The van der Waals surface area contributed by atoms with Crippen molar-refractivity contribution in [1.29, 1.82) is 0 Å². The molecule has 0 fully saturated rings. The van der Waals surface area contributed by atoms with Crippen molar-refractivity contribution in [3.8, 4) is 11.5 Å². The number of hydrogen-bond acceptors (Lipinski definition) is 3. The summed E-state index contributed by atoms with van der Waals surface area (Å²) in [6, 6.07) is 12.5. The quantitative estimate of drug-likeness (QED) is 0.390. The highest BCUT2D eigenvalue weighted by Crippen LogP contribution is 2.30. The summed E-state index contributed by atoms with van der Waals surface area (Å²) in [5.74, 6) is 1.11. The van der Waals surface area contributed by atoms with Crippen molar-refractivity contribution in [2.24, 2.45) is 10.9 Å². The molecule has 0 amide bonds. The van der Waals surface area contributed by atoms with Gasteiger partial charge in [-0.05, 0) is 30.7 Å². The minimum absolute atomic E-state index is 0.0275. The van der Waals surface area contributed by atoms with E-state index >= 15 is 0 Å². The number of amidine groups is 1. The van der Waals surface area contributed by atoms with E-state index in [1.165, 1.54) is 0 Å². The van der Waals surface area contributed by atoms with Gasteiger partial charge in [0.1, 0.15) is 11.5 Å². The Morgan fingerprint density at radius 3 is 2.63 bits per heavy atom. The van der Waals surface area contributed by atoms with Gasteiger partial charge in [0.2, 0.25) is 0 Å². The third-order valence-corrected chi connectivity index (χ3v) is 2.88. The van der Waals surface area contributed by atoms with Gasteiger partial charge in [0, 0.05) is 11.1 Å². The van der Waals surface area contributed by atoms with E-state index in [1.54, 1.807) is 18.2 Å². The van der Waals surface area contributed by atoms with Crippen LogP contribution >= 0.6 is 11.6 Å². The molecule has 0 spiro atoms. The fourth-order valence-electron chi connectivity index (χ4n) is 1.64. The van der Waals surface area contributed by atoms with Gasteiger partial charge in [0.05, 0.1) is 5.56 Å². The number of nitrogens with two attached hydrogens (primary N) is 1. The normalized spacial score (nSPS) is 11.4. The minimum atomic E-state index is -0.0275. The van der Waals surface area contributed by atoms with Gasteiger partial charge in [-0.3, -0.25) is 0 Å². The van der Waals surface area contributed by atoms with Crippen LogP contribution in [0.5, 0.6) is 11.5 Å². The van der Waals surface area contributed by atoms with E-state index in [-0.39, 0.29) is 5.84 Å². The highest BCUT2D eigenvalue weighted by Gasteiger charge is 2.11. The maximum absolute atomic E-state index is 8.78. The van der Waals surface area contributed by atoms with Crippen molar-refractivity contribution >= 4 is 17.4 Å². The molecule has 0 atom stereocenters. The molecule has 3 N–H and O–H groups in total. The second kappa shape index (κ2) is 5.63. The molecular weight excluding hydrogens is 264 g/mol. The summed E-state index contributed by atoms with van der Waals surface area (Å²) in [6.45, 7) is 1.93. The van der Waals surface area contributed by atoms with Crippen LogP contribution in [0.1, 0.15) is 11.1 Å². The SMILES string of the molecule is Cc1ccccc1Oc1cc(Cl)ccc1C(N)=NO. The number of oxime groups is 1. The van der Waals surface area contributed by atoms with Crippen LogP contribution in [0.25, 0.3) is 0 Å². The monoisotopic (exact) mass is 276 g/mol. The van der Waals surface area contributed by atoms with E-state index in [0.29, 0.717) is 22.1 Å². The molecule has 0 aliphatic rings. The van der Waals surface area contributed by atoms with E-state index < -0.39 is 0 Å². The lowest BCUT2D eigenvalue weighted by Gasteiger charge is -2.12. The zero-order chi connectivity index (χ0) is 13.8. The number of para-hydroxylation sites is 1. The number of halogens is 1. The van der Waals surface area contributed by atoms with Crippen LogP contribution < -0.4 is 10.5 Å². The first-order valence-electron chi connectivity index (χ1n) is 5.62. The lowest BCUT2D eigenvalue weighted by atomic mass is 10.1. The summed E-state index contributed by atoms with van der Waals surface area (Å²) in [7, 11) is 0. The molecule has 4 nitrogen and oxygen atoms in total. The Balaban J connectivity index is 2.44. The lowest BCUT2D eigenvalue weighted by Crippen LogP contribution is -2.14. The highest BCUT2D eigenvalue weighted by molar-refractivity contribution is 6.30. The first-order valence-corrected chi connectivity index (χ1v) is 6.00. The Hall–Kier alpha value is -2.20. The van der Waals surface area contributed by atoms with Crippen LogP contribution in [0.15, 0.2) is 47.6 Å². The largest absolute Gasteiger partial charge is 0.456 e. The second-order valence-electron chi connectivity index (χ2n) is 3.99. The molecule has 2 rings (SSSR count). The molecule has 0 radical (unpaired) electrons. The molecule has 2 aromatic carbocycles. The summed E-state index contributed by atoms with van der Waals surface area (Å²) in [5, 5.41) is 12.3. The Bertz CT molecular complexity index is 627. The molecule has 0 aliphatic carbocycles. The van der Waals surface area contributed by atoms with Crippen LogP contribution in [0.3, 0.4) is 0 Å². The molecule has 98 valence electrons. The number of aryl methyl sites for hydroxylation is 1. The fraction of sp³-hybridized carbons (Fsp3) is 0.0714. The van der Waals surface area contributed by atoms with Crippen LogP contribution in [0, 0.1) is 6.92 Å².